The summed E-state index contributed by atoms with van der Waals surface area (Å²) in [6, 6.07) is 0. The van der Waals surface area contributed by atoms with Crippen LogP contribution >= 0.6 is 58.0 Å². The molecule has 0 spiro atoms. The number of hydrogen-bond donors (Lipinski definition) is 0. The van der Waals surface area contributed by atoms with Crippen molar-refractivity contribution in [2.45, 2.75) is 19.6 Å². The standard InChI is InChI=1S/C6HCl5O.C3H9OSi.Zn/c7-1-2(8)4(10)6(12)5(11)3(1)9;1-5(2,3)4;/h12H;1-3H3;/q;-1;+2/p-1. The van der Waals surface area contributed by atoms with Crippen LogP contribution in [0.2, 0.25) is 44.8 Å². The van der Waals surface area contributed by atoms with Crippen molar-refractivity contribution in [2.75, 3.05) is 0 Å². The SMILES string of the molecule is C[Si](C)(C)[O][Zn][O]c1c(Cl)c(Cl)c(Cl)c(Cl)c1Cl. The van der Waals surface area contributed by atoms with Gasteiger partial charge in [0.2, 0.25) is 0 Å². The second kappa shape index (κ2) is 6.82. The quantitative estimate of drug-likeness (QED) is 0.333. The molecule has 0 saturated heterocycles. The Balaban J connectivity index is 2.96. The van der Waals surface area contributed by atoms with Crippen LogP contribution in [0.1, 0.15) is 0 Å². The van der Waals surface area contributed by atoms with Crippen LogP contribution in [0.5, 0.6) is 5.75 Å². The average Bonchev–Trinajstić information content (AvgIpc) is 2.27. The van der Waals surface area contributed by atoms with Crippen molar-refractivity contribution in [3.05, 3.63) is 25.1 Å². The van der Waals surface area contributed by atoms with Gasteiger partial charge in [0, 0.05) is 0 Å². The minimum absolute atomic E-state index is 0.124. The second-order valence-electron chi connectivity index (χ2n) is 4.42. The van der Waals surface area contributed by atoms with Crippen LogP contribution in [0.15, 0.2) is 0 Å². The van der Waals surface area contributed by atoms with Crippen molar-refractivity contribution in [3.63, 3.8) is 0 Å². The number of halogens is 5. The fourth-order valence-corrected chi connectivity index (χ4v) is 6.45. The summed E-state index contributed by atoms with van der Waals surface area (Å²) < 4.78 is 11.3. The molecule has 98 valence electrons. The first-order chi connectivity index (χ1) is 8.15. The maximum atomic E-state index is 6.03. The minimum atomic E-state index is -1.69. The number of rotatable bonds is 4. The topological polar surface area (TPSA) is 18.5 Å². The van der Waals surface area contributed by atoms with Crippen LogP contribution in [-0.4, -0.2) is 8.32 Å². The summed E-state index contributed by atoms with van der Waals surface area (Å²) in [5.41, 5.74) is 0. The Bertz CT molecular complexity index is 434. The summed E-state index contributed by atoms with van der Waals surface area (Å²) >= 11 is 28.1. The van der Waals surface area contributed by atoms with E-state index in [1.807, 2.05) is 0 Å². The van der Waals surface area contributed by atoms with Gasteiger partial charge in [-0.1, -0.05) is 0 Å². The molecule has 1 aromatic rings. The Kier molecular flexibility index (Phi) is 6.56. The van der Waals surface area contributed by atoms with Crippen LogP contribution in [-0.2, 0) is 21.1 Å². The van der Waals surface area contributed by atoms with Gasteiger partial charge in [-0.15, -0.1) is 0 Å². The van der Waals surface area contributed by atoms with E-state index >= 15 is 0 Å². The van der Waals surface area contributed by atoms with Crippen LogP contribution in [0, 0.1) is 0 Å². The summed E-state index contributed by atoms with van der Waals surface area (Å²) in [6.07, 6.45) is 0. The summed E-state index contributed by atoms with van der Waals surface area (Å²) in [7, 11) is -1.60. The monoisotopic (exact) mass is 416 g/mol. The van der Waals surface area contributed by atoms with Gasteiger partial charge in [-0.25, -0.2) is 0 Å². The van der Waals surface area contributed by atoms with Crippen LogP contribution < -0.4 is 3.56 Å². The summed E-state index contributed by atoms with van der Waals surface area (Å²) in [5.74, 6) is 0.260. The zero-order valence-corrected chi connectivity index (χ0v) is 17.7. The zero-order chi connectivity index (χ0) is 14.1. The molecule has 1 aromatic carbocycles. The van der Waals surface area contributed by atoms with Crippen molar-refractivity contribution >= 4 is 66.3 Å². The van der Waals surface area contributed by atoms with Crippen LogP contribution in [0.25, 0.3) is 0 Å². The summed E-state index contributed by atoms with van der Waals surface area (Å²) in [5, 5.41) is 0.734. The summed E-state index contributed by atoms with van der Waals surface area (Å²) in [6.45, 7) is 6.23. The molecule has 0 bridgehead atoms. The first-order valence-corrected chi connectivity index (χ1v) is 12.7. The second-order valence-corrected chi connectivity index (χ2v) is 13.7. The predicted octanol–water partition coefficient (Wildman–Crippen LogP) is 6.10. The van der Waals surface area contributed by atoms with E-state index in [0.717, 1.165) is 0 Å². The Morgan fingerprint density at radius 2 is 1.17 bits per heavy atom. The van der Waals surface area contributed by atoms with Crippen molar-refractivity contribution < 1.29 is 24.7 Å². The predicted molar refractivity (Wildman–Crippen MR) is 76.6 cm³/mol. The average molecular weight is 420 g/mol. The van der Waals surface area contributed by atoms with E-state index in [-0.39, 0.29) is 30.9 Å². The van der Waals surface area contributed by atoms with Gasteiger partial charge >= 0.3 is 141 Å². The molecule has 0 N–H and O–H groups in total. The summed E-state index contributed by atoms with van der Waals surface area (Å²) in [4.78, 5) is 0. The third-order valence-corrected chi connectivity index (χ3v) is 12.1. The van der Waals surface area contributed by atoms with Gasteiger partial charge in [0.05, 0.1) is 0 Å². The Morgan fingerprint density at radius 1 is 0.778 bits per heavy atom. The van der Waals surface area contributed by atoms with Crippen LogP contribution in [0.4, 0.5) is 0 Å². The number of hydrogen-bond acceptors (Lipinski definition) is 2. The molecule has 18 heavy (non-hydrogen) atoms. The molecular formula is C9H9Cl5O2SiZn. The van der Waals surface area contributed by atoms with Crippen molar-refractivity contribution in [2.24, 2.45) is 0 Å². The molecule has 0 unspecified atom stereocenters. The third kappa shape index (κ3) is 4.39. The van der Waals surface area contributed by atoms with Crippen molar-refractivity contribution in [1.82, 2.24) is 0 Å². The number of benzene rings is 1. The van der Waals surface area contributed by atoms with Gasteiger partial charge in [0.15, 0.2) is 0 Å². The Hall–Kier alpha value is 1.27. The zero-order valence-electron chi connectivity index (χ0n) is 9.91. The van der Waals surface area contributed by atoms with Gasteiger partial charge in [-0.3, -0.25) is 0 Å². The van der Waals surface area contributed by atoms with Crippen molar-refractivity contribution in [3.8, 4) is 5.75 Å². The molecular weight excluding hydrogens is 411 g/mol. The van der Waals surface area contributed by atoms with E-state index in [1.165, 1.54) is 0 Å². The van der Waals surface area contributed by atoms with Gasteiger partial charge < -0.3 is 0 Å². The molecule has 0 aliphatic rings. The fraction of sp³-hybridized carbons (Fsp3) is 0.333. The molecule has 2 nitrogen and oxygen atoms in total. The molecule has 1 rings (SSSR count). The van der Waals surface area contributed by atoms with E-state index in [1.54, 1.807) is 0 Å². The molecule has 0 heterocycles. The van der Waals surface area contributed by atoms with E-state index < -0.39 is 26.2 Å². The first kappa shape index (κ1) is 17.3. The molecule has 0 atom stereocenters. The molecule has 0 radical (unpaired) electrons. The van der Waals surface area contributed by atoms with E-state index in [4.69, 9.17) is 64.8 Å². The first-order valence-electron chi connectivity index (χ1n) is 4.93. The van der Waals surface area contributed by atoms with Crippen LogP contribution in [0.3, 0.4) is 0 Å². The van der Waals surface area contributed by atoms with Crippen molar-refractivity contribution in [1.29, 1.82) is 0 Å². The van der Waals surface area contributed by atoms with E-state index in [2.05, 4.69) is 19.6 Å². The molecule has 0 saturated carbocycles. The molecule has 0 aliphatic carbocycles. The molecule has 0 amide bonds. The van der Waals surface area contributed by atoms with E-state index in [0.29, 0.717) is 0 Å². The van der Waals surface area contributed by atoms with Gasteiger partial charge in [0.1, 0.15) is 0 Å². The van der Waals surface area contributed by atoms with E-state index in [9.17, 15) is 0 Å². The molecule has 9 heteroatoms. The Labute approximate surface area is 140 Å². The Morgan fingerprint density at radius 3 is 1.56 bits per heavy atom. The van der Waals surface area contributed by atoms with Gasteiger partial charge in [-0.05, 0) is 0 Å². The molecule has 0 aromatic heterocycles. The normalized spacial score (nSPS) is 11.3. The van der Waals surface area contributed by atoms with Gasteiger partial charge in [-0.2, -0.15) is 0 Å². The molecule has 0 aliphatic heterocycles. The maximum absolute atomic E-state index is 6.03. The van der Waals surface area contributed by atoms with Gasteiger partial charge in [0.25, 0.3) is 0 Å². The third-order valence-electron chi connectivity index (χ3n) is 1.86. The fourth-order valence-electron chi connectivity index (χ4n) is 0.977. The molecule has 0 fully saturated rings.